The highest BCUT2D eigenvalue weighted by molar-refractivity contribution is 6.22. The summed E-state index contributed by atoms with van der Waals surface area (Å²) >= 11 is 3.32. The average Bonchev–Trinajstić information content (AvgIpc) is 2.76. The summed E-state index contributed by atoms with van der Waals surface area (Å²) in [6.45, 7) is 2.94. The summed E-state index contributed by atoms with van der Waals surface area (Å²) < 4.78 is 271. The molecule has 0 aromatic heterocycles. The first kappa shape index (κ1) is 37.8. The zero-order valence-corrected chi connectivity index (χ0v) is 19.0. The molecule has 0 N–H and O–H groups in total. The van der Waals surface area contributed by atoms with Crippen LogP contribution in [0.1, 0.15) is 0 Å². The van der Waals surface area contributed by atoms with Crippen LogP contribution < -0.4 is 0 Å². The summed E-state index contributed by atoms with van der Waals surface area (Å²) in [5.74, 6) is -81.2. The first-order valence-electron chi connectivity index (χ1n) is 9.16. The predicted molar refractivity (Wildman–Crippen MR) is 92.3 cm³/mol. The molecule has 0 fully saturated rings. The first-order valence-corrected chi connectivity index (χ1v) is 9.54. The van der Waals surface area contributed by atoms with Crippen molar-refractivity contribution < 1.29 is 92.6 Å². The summed E-state index contributed by atoms with van der Waals surface area (Å²) in [5.41, 5.74) is 0. The molecule has 0 radical (unpaired) electrons. The number of rotatable bonds is 14. The highest BCUT2D eigenvalue weighted by atomic mass is 35.5. The maximum atomic E-state index is 14.0. The van der Waals surface area contributed by atoms with Crippen molar-refractivity contribution in [1.82, 2.24) is 4.90 Å². The number of alkyl halides is 21. The number of hydrogen-bond acceptors (Lipinski definition) is 1. The predicted octanol–water partition coefficient (Wildman–Crippen LogP) is 7.74. The van der Waals surface area contributed by atoms with E-state index >= 15 is 0 Å². The molecule has 236 valence electrons. The van der Waals surface area contributed by atoms with Crippen molar-refractivity contribution in [3.63, 3.8) is 0 Å². The van der Waals surface area contributed by atoms with Gasteiger partial charge in [0.15, 0.2) is 0 Å². The van der Waals surface area contributed by atoms with Gasteiger partial charge in [0.1, 0.15) is 0 Å². The lowest BCUT2D eigenvalue weighted by Gasteiger charge is -2.44. The Morgan fingerprint density at radius 2 is 0.725 bits per heavy atom. The molecule has 0 atom stereocenters. The van der Waals surface area contributed by atoms with Gasteiger partial charge in [0, 0.05) is 13.1 Å². The Bertz CT molecular complexity index is 959. The summed E-state index contributed by atoms with van der Waals surface area (Å²) in [4.78, 5) is 11.0. The Hall–Kier alpha value is -2.16. The third-order valence-corrected chi connectivity index (χ3v) is 5.00. The number of carbonyl (C=O) groups excluding carboxylic acids is 1. The smallest absolute Gasteiger partial charge is 0.330 e. The minimum Gasteiger partial charge on any atom is -0.330 e. The van der Waals surface area contributed by atoms with Crippen molar-refractivity contribution in [2.24, 2.45) is 0 Å². The van der Waals surface area contributed by atoms with Gasteiger partial charge in [0.25, 0.3) is 5.91 Å². The molecule has 23 heteroatoms. The van der Waals surface area contributed by atoms with Crippen LogP contribution >= 0.6 is 11.6 Å². The molecule has 0 aromatic rings. The lowest BCUT2D eigenvalue weighted by Crippen LogP contribution is -2.77. The zero-order chi connectivity index (χ0) is 33.0. The number of nitrogens with zero attached hydrogens (tertiary/aromatic N) is 1. The fraction of sp³-hybridized carbons (Fsp3) is 0.706. The van der Waals surface area contributed by atoms with Crippen LogP contribution in [0, 0.1) is 0 Å². The number of carbonyl (C=O) groups is 1. The van der Waals surface area contributed by atoms with E-state index in [9.17, 15) is 92.6 Å². The first-order chi connectivity index (χ1) is 17.2. The Kier molecular flexibility index (Phi) is 9.73. The summed E-state index contributed by atoms with van der Waals surface area (Å²) in [6.07, 6.45) is 0.805. The van der Waals surface area contributed by atoms with Gasteiger partial charge >= 0.3 is 58.7 Å². The lowest BCUT2D eigenvalue weighted by atomic mass is 9.86. The third-order valence-electron chi connectivity index (χ3n) is 4.77. The van der Waals surface area contributed by atoms with Gasteiger partial charge in [-0.05, 0) is 11.6 Å². The topological polar surface area (TPSA) is 20.3 Å². The van der Waals surface area contributed by atoms with E-state index in [0.717, 1.165) is 0 Å². The summed E-state index contributed by atoms with van der Waals surface area (Å²) in [6, 6.07) is 0. The van der Waals surface area contributed by atoms with E-state index in [4.69, 9.17) is 0 Å². The minimum absolute atomic E-state index is 0.402. The van der Waals surface area contributed by atoms with Crippen molar-refractivity contribution in [3.8, 4) is 0 Å². The van der Waals surface area contributed by atoms with Gasteiger partial charge in [0.2, 0.25) is 0 Å². The van der Waals surface area contributed by atoms with Crippen LogP contribution in [0.3, 0.4) is 0 Å². The van der Waals surface area contributed by atoms with Crippen LogP contribution in [0.2, 0.25) is 0 Å². The van der Waals surface area contributed by atoms with Gasteiger partial charge in [-0.25, -0.2) is 0 Å². The SMILES string of the molecule is C=CCN(CC=C)C(=O)C(F)(F)C(F)(F)C(F)(F)C(F)(F)C(F)(F)C(F)(F)C(F)(F)C(F)(F)C(F)(F)C(F)(F)Cl. The van der Waals surface area contributed by atoms with Crippen LogP contribution in [0.15, 0.2) is 25.3 Å². The van der Waals surface area contributed by atoms with Gasteiger partial charge in [-0.2, -0.15) is 87.8 Å². The quantitative estimate of drug-likeness (QED) is 0.106. The second kappa shape index (κ2) is 10.3. The van der Waals surface area contributed by atoms with Crippen LogP contribution in [-0.2, 0) is 4.79 Å². The van der Waals surface area contributed by atoms with Crippen molar-refractivity contribution in [3.05, 3.63) is 25.3 Å². The molecule has 0 heterocycles. The van der Waals surface area contributed by atoms with Crippen LogP contribution in [0.4, 0.5) is 87.8 Å². The van der Waals surface area contributed by atoms with Crippen molar-refractivity contribution in [2.75, 3.05) is 13.1 Å². The average molecular weight is 660 g/mol. The van der Waals surface area contributed by atoms with Gasteiger partial charge in [-0.15, -0.1) is 13.2 Å². The number of hydrogen-bond donors (Lipinski definition) is 0. The van der Waals surface area contributed by atoms with Crippen LogP contribution in [-0.4, -0.2) is 82.6 Å². The lowest BCUT2D eigenvalue weighted by molar-refractivity contribution is -0.464. The molecule has 0 aliphatic heterocycles. The van der Waals surface area contributed by atoms with E-state index in [1.807, 2.05) is 0 Å². The van der Waals surface area contributed by atoms with E-state index in [1.54, 1.807) is 0 Å². The molecule has 0 aliphatic rings. The standard InChI is InChI=1S/C17H10ClF20NO/c1-3-5-39(6-4-2)7(40)8(19,20)9(21,22)10(23,24)11(25,26)12(27,28)13(29,30)14(31,32)15(33,34)16(35,36)17(18,37)38/h3-4H,1-2,5-6H2. The maximum absolute atomic E-state index is 14.0. The highest BCUT2D eigenvalue weighted by Crippen LogP contribution is 2.66. The fourth-order valence-electron chi connectivity index (χ4n) is 2.44. The van der Waals surface area contributed by atoms with Crippen molar-refractivity contribution in [1.29, 1.82) is 0 Å². The molecule has 0 bridgehead atoms. The molecule has 40 heavy (non-hydrogen) atoms. The third kappa shape index (κ3) is 4.84. The molecule has 0 aliphatic carbocycles. The summed E-state index contributed by atoms with van der Waals surface area (Å²) in [5, 5.41) is -7.07. The monoisotopic (exact) mass is 659 g/mol. The molecule has 0 aromatic carbocycles. The number of halogens is 21. The van der Waals surface area contributed by atoms with Crippen molar-refractivity contribution in [2.45, 2.75) is 58.7 Å². The minimum atomic E-state index is -9.18. The normalized spacial score (nSPS) is 15.6. The van der Waals surface area contributed by atoms with Gasteiger partial charge in [-0.1, -0.05) is 12.2 Å². The van der Waals surface area contributed by atoms with Crippen LogP contribution in [0.25, 0.3) is 0 Å². The van der Waals surface area contributed by atoms with Crippen LogP contribution in [0.5, 0.6) is 0 Å². The van der Waals surface area contributed by atoms with E-state index in [1.165, 1.54) is 0 Å². The molecule has 0 unspecified atom stereocenters. The molecule has 0 spiro atoms. The van der Waals surface area contributed by atoms with Crippen molar-refractivity contribution >= 4 is 17.5 Å². The van der Waals surface area contributed by atoms with Gasteiger partial charge in [0.05, 0.1) is 0 Å². The Morgan fingerprint density at radius 3 is 0.950 bits per heavy atom. The van der Waals surface area contributed by atoms with E-state index < -0.39 is 82.6 Å². The van der Waals surface area contributed by atoms with E-state index in [2.05, 4.69) is 24.8 Å². The van der Waals surface area contributed by atoms with E-state index in [-0.39, 0.29) is 0 Å². The van der Waals surface area contributed by atoms with Gasteiger partial charge < -0.3 is 4.90 Å². The Balaban J connectivity index is 7.17. The molecule has 0 saturated heterocycles. The molecule has 2 nitrogen and oxygen atoms in total. The highest BCUT2D eigenvalue weighted by Gasteiger charge is 2.98. The van der Waals surface area contributed by atoms with E-state index in [0.29, 0.717) is 12.2 Å². The molecule has 0 saturated carbocycles. The van der Waals surface area contributed by atoms with Gasteiger partial charge in [-0.3, -0.25) is 4.79 Å². The Labute approximate surface area is 213 Å². The molecule has 1 amide bonds. The zero-order valence-electron chi connectivity index (χ0n) is 18.3. The Morgan fingerprint density at radius 1 is 0.500 bits per heavy atom. The summed E-state index contributed by atoms with van der Waals surface area (Å²) in [7, 11) is 0. The second-order valence-corrected chi connectivity index (χ2v) is 7.93. The molecule has 0 rings (SSSR count). The number of amides is 1. The largest absolute Gasteiger partial charge is 0.393 e. The second-order valence-electron chi connectivity index (χ2n) is 7.45. The molecular formula is C17H10ClF20NO. The fourth-order valence-corrected chi connectivity index (χ4v) is 2.56. The molecular weight excluding hydrogens is 650 g/mol. The maximum Gasteiger partial charge on any atom is 0.393 e.